The number of hydrogen-bond acceptors (Lipinski definition) is 4. The topological polar surface area (TPSA) is 76.8 Å². The standard InChI is InChI=1S/C17H18N4O/c1-11-6-8-12(9-7-11)15(18)17-19-16(20-21-17)13-4-3-5-14(10-13)22-2/h3-10,15H,18H2,1-2H3,(H,19,20,21)/t15-/m1/s1. The molecule has 1 aromatic heterocycles. The Bertz CT molecular complexity index is 764. The Hall–Kier alpha value is -2.66. The van der Waals surface area contributed by atoms with E-state index in [4.69, 9.17) is 10.5 Å². The first-order valence-electron chi connectivity index (χ1n) is 7.06. The van der Waals surface area contributed by atoms with E-state index in [2.05, 4.69) is 15.2 Å². The lowest BCUT2D eigenvalue weighted by atomic mass is 10.1. The second-order valence-corrected chi connectivity index (χ2v) is 5.16. The van der Waals surface area contributed by atoms with E-state index in [1.54, 1.807) is 7.11 Å². The predicted octanol–water partition coefficient (Wildman–Crippen LogP) is 2.84. The van der Waals surface area contributed by atoms with Crippen LogP contribution in [0.25, 0.3) is 11.4 Å². The lowest BCUT2D eigenvalue weighted by Crippen LogP contribution is -2.13. The number of nitrogens with one attached hydrogen (secondary N) is 1. The molecule has 3 aromatic rings. The molecule has 0 aliphatic rings. The summed E-state index contributed by atoms with van der Waals surface area (Å²) >= 11 is 0. The van der Waals surface area contributed by atoms with Gasteiger partial charge in [0.25, 0.3) is 0 Å². The number of methoxy groups -OCH3 is 1. The molecular formula is C17H18N4O. The Morgan fingerprint density at radius 1 is 1.14 bits per heavy atom. The number of aromatic nitrogens is 3. The third-order valence-corrected chi connectivity index (χ3v) is 3.56. The number of H-pyrrole nitrogens is 1. The van der Waals surface area contributed by atoms with Gasteiger partial charge in [0.2, 0.25) is 0 Å². The van der Waals surface area contributed by atoms with Crippen molar-refractivity contribution in [3.8, 4) is 17.1 Å². The summed E-state index contributed by atoms with van der Waals surface area (Å²) in [4.78, 5) is 4.51. The maximum Gasteiger partial charge on any atom is 0.181 e. The molecule has 0 spiro atoms. The molecule has 1 heterocycles. The van der Waals surface area contributed by atoms with Gasteiger partial charge < -0.3 is 10.5 Å². The fraction of sp³-hybridized carbons (Fsp3) is 0.176. The first kappa shape index (κ1) is 14.3. The van der Waals surface area contributed by atoms with Gasteiger partial charge in [0.1, 0.15) is 11.6 Å². The summed E-state index contributed by atoms with van der Waals surface area (Å²) in [6, 6.07) is 15.4. The van der Waals surface area contributed by atoms with Crippen LogP contribution in [0.1, 0.15) is 23.0 Å². The van der Waals surface area contributed by atoms with Crippen LogP contribution in [0.5, 0.6) is 5.75 Å². The average molecular weight is 294 g/mol. The number of nitrogens with two attached hydrogens (primary N) is 1. The highest BCUT2D eigenvalue weighted by atomic mass is 16.5. The molecule has 112 valence electrons. The average Bonchev–Trinajstić information content (AvgIpc) is 3.05. The molecule has 1 atom stereocenters. The summed E-state index contributed by atoms with van der Waals surface area (Å²) in [5, 5.41) is 7.18. The number of nitrogens with zero attached hydrogens (tertiary/aromatic N) is 2. The van der Waals surface area contributed by atoms with E-state index in [1.165, 1.54) is 5.56 Å². The van der Waals surface area contributed by atoms with E-state index in [-0.39, 0.29) is 6.04 Å². The van der Waals surface area contributed by atoms with Gasteiger partial charge >= 0.3 is 0 Å². The van der Waals surface area contributed by atoms with Crippen molar-refractivity contribution in [1.29, 1.82) is 0 Å². The molecule has 5 heteroatoms. The Balaban J connectivity index is 1.88. The van der Waals surface area contributed by atoms with E-state index < -0.39 is 0 Å². The zero-order chi connectivity index (χ0) is 15.5. The van der Waals surface area contributed by atoms with Crippen LogP contribution in [0.2, 0.25) is 0 Å². The minimum Gasteiger partial charge on any atom is -0.497 e. The van der Waals surface area contributed by atoms with E-state index in [0.29, 0.717) is 11.6 Å². The molecule has 0 bridgehead atoms. The van der Waals surface area contributed by atoms with Crippen LogP contribution >= 0.6 is 0 Å². The third-order valence-electron chi connectivity index (χ3n) is 3.56. The molecule has 0 unspecified atom stereocenters. The molecule has 2 aromatic carbocycles. The molecule has 22 heavy (non-hydrogen) atoms. The molecule has 0 radical (unpaired) electrons. The number of ether oxygens (including phenoxy) is 1. The number of aromatic amines is 1. The van der Waals surface area contributed by atoms with E-state index >= 15 is 0 Å². The van der Waals surface area contributed by atoms with Crippen molar-refractivity contribution in [3.05, 3.63) is 65.5 Å². The van der Waals surface area contributed by atoms with Gasteiger partial charge in [0.05, 0.1) is 13.2 Å². The Labute approximate surface area is 129 Å². The molecule has 3 rings (SSSR count). The summed E-state index contributed by atoms with van der Waals surface area (Å²) < 4.78 is 5.22. The normalized spacial score (nSPS) is 12.1. The Morgan fingerprint density at radius 2 is 1.91 bits per heavy atom. The van der Waals surface area contributed by atoms with E-state index in [9.17, 15) is 0 Å². The quantitative estimate of drug-likeness (QED) is 0.775. The zero-order valence-electron chi connectivity index (χ0n) is 12.6. The molecule has 0 saturated carbocycles. The first-order chi connectivity index (χ1) is 10.7. The Morgan fingerprint density at radius 3 is 2.64 bits per heavy atom. The predicted molar refractivity (Wildman–Crippen MR) is 85.6 cm³/mol. The van der Waals surface area contributed by atoms with Crippen LogP contribution in [0.3, 0.4) is 0 Å². The first-order valence-corrected chi connectivity index (χ1v) is 7.06. The van der Waals surface area contributed by atoms with Gasteiger partial charge in [0.15, 0.2) is 5.82 Å². The molecular weight excluding hydrogens is 276 g/mol. The van der Waals surface area contributed by atoms with E-state index in [0.717, 1.165) is 16.9 Å². The highest BCUT2D eigenvalue weighted by Gasteiger charge is 2.14. The summed E-state index contributed by atoms with van der Waals surface area (Å²) in [6.45, 7) is 2.05. The van der Waals surface area contributed by atoms with Crippen molar-refractivity contribution >= 4 is 0 Å². The van der Waals surface area contributed by atoms with E-state index in [1.807, 2.05) is 55.5 Å². The lowest BCUT2D eigenvalue weighted by Gasteiger charge is -2.08. The highest BCUT2D eigenvalue weighted by molar-refractivity contribution is 5.57. The number of benzene rings is 2. The monoisotopic (exact) mass is 294 g/mol. The summed E-state index contributed by atoms with van der Waals surface area (Å²) in [5.74, 6) is 2.02. The smallest absolute Gasteiger partial charge is 0.181 e. The minimum atomic E-state index is -0.326. The summed E-state index contributed by atoms with van der Waals surface area (Å²) in [6.07, 6.45) is 0. The van der Waals surface area contributed by atoms with Crippen LogP contribution in [-0.2, 0) is 0 Å². The fourth-order valence-electron chi connectivity index (χ4n) is 2.24. The maximum absolute atomic E-state index is 6.26. The second-order valence-electron chi connectivity index (χ2n) is 5.16. The SMILES string of the molecule is COc1cccc(-c2n[nH]c([C@H](N)c3ccc(C)cc3)n2)c1. The van der Waals surface area contributed by atoms with Crippen LogP contribution < -0.4 is 10.5 Å². The van der Waals surface area contributed by atoms with Gasteiger partial charge in [-0.05, 0) is 24.6 Å². The van der Waals surface area contributed by atoms with Crippen LogP contribution in [0, 0.1) is 6.92 Å². The van der Waals surface area contributed by atoms with Crippen LogP contribution in [-0.4, -0.2) is 22.3 Å². The highest BCUT2D eigenvalue weighted by Crippen LogP contribution is 2.23. The van der Waals surface area contributed by atoms with Gasteiger partial charge in [0, 0.05) is 5.56 Å². The number of hydrogen-bond donors (Lipinski definition) is 2. The molecule has 0 amide bonds. The van der Waals surface area contributed by atoms with Crippen molar-refractivity contribution in [2.45, 2.75) is 13.0 Å². The van der Waals surface area contributed by atoms with Gasteiger partial charge in [-0.2, -0.15) is 5.10 Å². The molecule has 3 N–H and O–H groups in total. The van der Waals surface area contributed by atoms with Crippen molar-refractivity contribution in [2.24, 2.45) is 5.73 Å². The van der Waals surface area contributed by atoms with Crippen LogP contribution in [0.15, 0.2) is 48.5 Å². The van der Waals surface area contributed by atoms with Crippen molar-refractivity contribution in [3.63, 3.8) is 0 Å². The fourth-order valence-corrected chi connectivity index (χ4v) is 2.24. The van der Waals surface area contributed by atoms with Gasteiger partial charge in [-0.25, -0.2) is 4.98 Å². The molecule has 0 saturated heterocycles. The molecule has 5 nitrogen and oxygen atoms in total. The van der Waals surface area contributed by atoms with Crippen molar-refractivity contribution in [1.82, 2.24) is 15.2 Å². The minimum absolute atomic E-state index is 0.326. The van der Waals surface area contributed by atoms with Gasteiger partial charge in [-0.15, -0.1) is 0 Å². The summed E-state index contributed by atoms with van der Waals surface area (Å²) in [7, 11) is 1.63. The summed E-state index contributed by atoms with van der Waals surface area (Å²) in [5.41, 5.74) is 9.34. The lowest BCUT2D eigenvalue weighted by molar-refractivity contribution is 0.415. The molecule has 0 aliphatic carbocycles. The number of aryl methyl sites for hydroxylation is 1. The van der Waals surface area contributed by atoms with Gasteiger partial charge in [-0.1, -0.05) is 42.0 Å². The molecule has 0 aliphatic heterocycles. The van der Waals surface area contributed by atoms with Gasteiger partial charge in [-0.3, -0.25) is 5.10 Å². The largest absolute Gasteiger partial charge is 0.497 e. The number of rotatable bonds is 4. The second kappa shape index (κ2) is 5.99. The van der Waals surface area contributed by atoms with Crippen molar-refractivity contribution < 1.29 is 4.74 Å². The van der Waals surface area contributed by atoms with Crippen molar-refractivity contribution in [2.75, 3.05) is 7.11 Å². The Kier molecular flexibility index (Phi) is 3.89. The zero-order valence-corrected chi connectivity index (χ0v) is 12.6. The maximum atomic E-state index is 6.26. The molecule has 0 fully saturated rings. The third kappa shape index (κ3) is 2.84. The van der Waals surface area contributed by atoms with Crippen LogP contribution in [0.4, 0.5) is 0 Å².